The Balaban J connectivity index is 1.65. The molecule has 0 aromatic heterocycles. The molecular formula is C34H22. The Bertz CT molecular complexity index is 1840. The van der Waals surface area contributed by atoms with Crippen molar-refractivity contribution in [3.63, 3.8) is 0 Å². The van der Waals surface area contributed by atoms with Gasteiger partial charge in [-0.25, -0.2) is 0 Å². The SMILES string of the molecule is c1ccc(-c2cc3c4ccccc4c4ccccc4c3cc2-c2ccc3ccccc3c2)cc1. The second-order valence-electron chi connectivity index (χ2n) is 8.96. The Morgan fingerprint density at radius 1 is 0.265 bits per heavy atom. The van der Waals surface area contributed by atoms with Crippen molar-refractivity contribution in [2.24, 2.45) is 0 Å². The van der Waals surface area contributed by atoms with E-state index in [1.54, 1.807) is 0 Å². The van der Waals surface area contributed by atoms with Gasteiger partial charge in [-0.3, -0.25) is 0 Å². The normalized spacial score (nSPS) is 11.5. The third kappa shape index (κ3) is 2.93. The van der Waals surface area contributed by atoms with Gasteiger partial charge in [-0.05, 0) is 83.5 Å². The summed E-state index contributed by atoms with van der Waals surface area (Å²) in [5, 5.41) is 10.4. The first kappa shape index (κ1) is 19.1. The average molecular weight is 431 g/mol. The number of rotatable bonds is 2. The first-order chi connectivity index (χ1) is 16.9. The lowest BCUT2D eigenvalue weighted by molar-refractivity contribution is 1.62. The Morgan fingerprint density at radius 3 is 1.35 bits per heavy atom. The Hall–Kier alpha value is -4.42. The fraction of sp³-hybridized carbons (Fsp3) is 0. The lowest BCUT2D eigenvalue weighted by Gasteiger charge is -2.17. The minimum absolute atomic E-state index is 1.24. The summed E-state index contributed by atoms with van der Waals surface area (Å²) in [4.78, 5) is 0. The topological polar surface area (TPSA) is 0 Å². The van der Waals surface area contributed by atoms with Gasteiger partial charge in [0.2, 0.25) is 0 Å². The van der Waals surface area contributed by atoms with Crippen LogP contribution >= 0.6 is 0 Å². The summed E-state index contributed by atoms with van der Waals surface area (Å²) >= 11 is 0. The van der Waals surface area contributed by atoms with Crippen LogP contribution in [0.25, 0.3) is 65.3 Å². The quantitative estimate of drug-likeness (QED) is 0.239. The van der Waals surface area contributed by atoms with Gasteiger partial charge < -0.3 is 0 Å². The summed E-state index contributed by atoms with van der Waals surface area (Å²) < 4.78 is 0. The van der Waals surface area contributed by atoms with Gasteiger partial charge in [0.25, 0.3) is 0 Å². The van der Waals surface area contributed by atoms with Crippen molar-refractivity contribution in [3.05, 3.63) is 133 Å². The van der Waals surface area contributed by atoms with E-state index in [4.69, 9.17) is 0 Å². The van der Waals surface area contributed by atoms with Crippen LogP contribution in [0.15, 0.2) is 133 Å². The summed E-state index contributed by atoms with van der Waals surface area (Å²) in [6.45, 7) is 0. The highest BCUT2D eigenvalue weighted by molar-refractivity contribution is 6.26. The molecule has 0 bridgehead atoms. The number of hydrogen-bond acceptors (Lipinski definition) is 0. The largest absolute Gasteiger partial charge is 0.0622 e. The Kier molecular flexibility index (Phi) is 4.25. The summed E-state index contributed by atoms with van der Waals surface area (Å²) in [7, 11) is 0. The summed E-state index contributed by atoms with van der Waals surface area (Å²) in [6.07, 6.45) is 0. The van der Waals surface area contributed by atoms with E-state index in [-0.39, 0.29) is 0 Å². The lowest BCUT2D eigenvalue weighted by Crippen LogP contribution is -1.90. The highest BCUT2D eigenvalue weighted by Gasteiger charge is 2.14. The van der Waals surface area contributed by atoms with Crippen LogP contribution in [0.5, 0.6) is 0 Å². The number of hydrogen-bond donors (Lipinski definition) is 0. The first-order valence-corrected chi connectivity index (χ1v) is 11.8. The Morgan fingerprint density at radius 2 is 0.735 bits per heavy atom. The van der Waals surface area contributed by atoms with Crippen molar-refractivity contribution in [2.45, 2.75) is 0 Å². The van der Waals surface area contributed by atoms with Gasteiger partial charge in [-0.15, -0.1) is 0 Å². The molecular weight excluding hydrogens is 408 g/mol. The first-order valence-electron chi connectivity index (χ1n) is 11.8. The zero-order valence-electron chi connectivity index (χ0n) is 18.7. The third-order valence-electron chi connectivity index (χ3n) is 7.03. The van der Waals surface area contributed by atoms with Crippen LogP contribution in [-0.4, -0.2) is 0 Å². The van der Waals surface area contributed by atoms with E-state index in [0.29, 0.717) is 0 Å². The molecule has 34 heavy (non-hydrogen) atoms. The van der Waals surface area contributed by atoms with Crippen LogP contribution in [0.4, 0.5) is 0 Å². The van der Waals surface area contributed by atoms with Crippen molar-refractivity contribution in [1.29, 1.82) is 0 Å². The van der Waals surface area contributed by atoms with Gasteiger partial charge in [0.05, 0.1) is 0 Å². The van der Waals surface area contributed by atoms with Crippen molar-refractivity contribution in [2.75, 3.05) is 0 Å². The molecule has 0 aliphatic heterocycles. The van der Waals surface area contributed by atoms with E-state index < -0.39 is 0 Å². The number of benzene rings is 7. The predicted molar refractivity (Wildman–Crippen MR) is 147 cm³/mol. The minimum atomic E-state index is 1.24. The van der Waals surface area contributed by atoms with Crippen molar-refractivity contribution in [1.82, 2.24) is 0 Å². The second kappa shape index (κ2) is 7.57. The average Bonchev–Trinajstić information content (AvgIpc) is 2.93. The van der Waals surface area contributed by atoms with Gasteiger partial charge in [-0.2, -0.15) is 0 Å². The third-order valence-corrected chi connectivity index (χ3v) is 7.03. The molecule has 0 atom stereocenters. The maximum Gasteiger partial charge on any atom is -0.00923 e. The van der Waals surface area contributed by atoms with E-state index in [9.17, 15) is 0 Å². The molecule has 7 rings (SSSR count). The maximum absolute atomic E-state index is 2.41. The van der Waals surface area contributed by atoms with E-state index >= 15 is 0 Å². The maximum atomic E-state index is 2.41. The van der Waals surface area contributed by atoms with Crippen LogP contribution in [-0.2, 0) is 0 Å². The fourth-order valence-electron chi connectivity index (χ4n) is 5.40. The highest BCUT2D eigenvalue weighted by Crippen LogP contribution is 2.42. The predicted octanol–water partition coefficient (Wildman–Crippen LogP) is 9.63. The van der Waals surface area contributed by atoms with E-state index in [1.165, 1.54) is 65.3 Å². The molecule has 0 fully saturated rings. The van der Waals surface area contributed by atoms with Crippen LogP contribution in [0.2, 0.25) is 0 Å². The van der Waals surface area contributed by atoms with Crippen LogP contribution in [0, 0.1) is 0 Å². The molecule has 0 aliphatic carbocycles. The molecule has 158 valence electrons. The van der Waals surface area contributed by atoms with Crippen molar-refractivity contribution in [3.8, 4) is 22.3 Å². The molecule has 0 radical (unpaired) electrons. The summed E-state index contributed by atoms with van der Waals surface area (Å²) in [5.41, 5.74) is 5.02. The molecule has 0 saturated carbocycles. The van der Waals surface area contributed by atoms with Crippen LogP contribution in [0.1, 0.15) is 0 Å². The smallest absolute Gasteiger partial charge is 0.00923 e. The van der Waals surface area contributed by atoms with E-state index in [2.05, 4.69) is 133 Å². The molecule has 7 aromatic rings. The van der Waals surface area contributed by atoms with Gasteiger partial charge in [-0.1, -0.05) is 115 Å². The summed E-state index contributed by atoms with van der Waals surface area (Å²) in [5.74, 6) is 0. The zero-order chi connectivity index (χ0) is 22.5. The second-order valence-corrected chi connectivity index (χ2v) is 8.96. The standard InChI is InChI=1S/C34H22/c1-2-11-24(12-3-1)31-21-33-29-16-8-6-14-27(29)28-15-7-9-17-30(28)34(33)22-32(31)26-19-18-23-10-4-5-13-25(23)20-26/h1-22H. The lowest BCUT2D eigenvalue weighted by atomic mass is 9.87. The molecule has 0 nitrogen and oxygen atoms in total. The molecule has 0 heteroatoms. The van der Waals surface area contributed by atoms with Gasteiger partial charge >= 0.3 is 0 Å². The molecule has 0 aliphatic rings. The zero-order valence-corrected chi connectivity index (χ0v) is 18.7. The number of fused-ring (bicyclic) bond motifs is 7. The minimum Gasteiger partial charge on any atom is -0.0622 e. The molecule has 0 amide bonds. The van der Waals surface area contributed by atoms with Crippen LogP contribution < -0.4 is 0 Å². The van der Waals surface area contributed by atoms with Gasteiger partial charge in [0, 0.05) is 0 Å². The highest BCUT2D eigenvalue weighted by atomic mass is 14.2. The molecule has 0 unspecified atom stereocenters. The van der Waals surface area contributed by atoms with Gasteiger partial charge in [0.1, 0.15) is 0 Å². The molecule has 0 saturated heterocycles. The van der Waals surface area contributed by atoms with Crippen molar-refractivity contribution < 1.29 is 0 Å². The van der Waals surface area contributed by atoms with E-state index in [1.807, 2.05) is 0 Å². The van der Waals surface area contributed by atoms with E-state index in [0.717, 1.165) is 0 Å². The Labute approximate surface area is 198 Å². The van der Waals surface area contributed by atoms with Gasteiger partial charge in [0.15, 0.2) is 0 Å². The molecule has 0 spiro atoms. The van der Waals surface area contributed by atoms with Crippen LogP contribution in [0.3, 0.4) is 0 Å². The molecule has 0 N–H and O–H groups in total. The monoisotopic (exact) mass is 430 g/mol. The fourth-order valence-corrected chi connectivity index (χ4v) is 5.40. The molecule has 7 aromatic carbocycles. The van der Waals surface area contributed by atoms with Crippen molar-refractivity contribution >= 4 is 43.1 Å². The summed E-state index contributed by atoms with van der Waals surface area (Å²) in [6, 6.07) is 48.6. The molecule has 0 heterocycles.